The minimum atomic E-state index is -1.05. The van der Waals surface area contributed by atoms with E-state index in [4.69, 9.17) is 10.8 Å². The summed E-state index contributed by atoms with van der Waals surface area (Å²) in [5.74, 6) is -0.212. The van der Waals surface area contributed by atoms with Crippen LogP contribution in [-0.4, -0.2) is 69.3 Å². The van der Waals surface area contributed by atoms with E-state index in [0.29, 0.717) is 13.0 Å². The van der Waals surface area contributed by atoms with E-state index >= 15 is 0 Å². The largest absolute Gasteiger partial charge is 0.465 e. The number of aliphatic hydroxyl groups excluding tert-OH is 1. The van der Waals surface area contributed by atoms with Crippen LogP contribution in [0.25, 0.3) is 0 Å². The number of rotatable bonds is 1. The van der Waals surface area contributed by atoms with Gasteiger partial charge in [0.2, 0.25) is 5.91 Å². The van der Waals surface area contributed by atoms with Crippen molar-refractivity contribution in [2.24, 2.45) is 11.1 Å². The van der Waals surface area contributed by atoms with Gasteiger partial charge in [0, 0.05) is 6.54 Å². The molecule has 0 radical (unpaired) electrons. The molecule has 4 atom stereocenters. The van der Waals surface area contributed by atoms with Crippen molar-refractivity contribution < 1.29 is 19.8 Å². The molecule has 0 aromatic carbocycles. The molecule has 2 rings (SSSR count). The highest BCUT2D eigenvalue weighted by Crippen LogP contribution is 2.33. The first-order valence-electron chi connectivity index (χ1n) is 6.88. The van der Waals surface area contributed by atoms with Crippen LogP contribution in [0.1, 0.15) is 27.2 Å². The number of fused-ring (bicyclic) bond motifs is 1. The average Bonchev–Trinajstić information content (AvgIpc) is 2.88. The molecule has 2 aliphatic rings. The quantitative estimate of drug-likeness (QED) is 0.612. The van der Waals surface area contributed by atoms with Crippen LogP contribution in [0.5, 0.6) is 0 Å². The number of aliphatic hydroxyl groups is 1. The van der Waals surface area contributed by atoms with Gasteiger partial charge in [-0.25, -0.2) is 4.79 Å². The van der Waals surface area contributed by atoms with E-state index in [1.807, 2.05) is 20.8 Å². The number of likely N-dealkylation sites (tertiary alicyclic amines) is 2. The van der Waals surface area contributed by atoms with Crippen LogP contribution in [0.4, 0.5) is 4.79 Å². The van der Waals surface area contributed by atoms with Crippen molar-refractivity contribution in [1.82, 2.24) is 9.80 Å². The zero-order chi connectivity index (χ0) is 15.2. The van der Waals surface area contributed by atoms with Crippen LogP contribution in [0.3, 0.4) is 0 Å². The average molecular weight is 285 g/mol. The van der Waals surface area contributed by atoms with Crippen molar-refractivity contribution in [3.63, 3.8) is 0 Å². The van der Waals surface area contributed by atoms with Crippen molar-refractivity contribution in [2.75, 3.05) is 13.1 Å². The van der Waals surface area contributed by atoms with Gasteiger partial charge in [-0.15, -0.1) is 0 Å². The van der Waals surface area contributed by atoms with Gasteiger partial charge in [-0.3, -0.25) is 4.79 Å². The van der Waals surface area contributed by atoms with Crippen LogP contribution in [0.15, 0.2) is 0 Å². The molecule has 0 aromatic rings. The van der Waals surface area contributed by atoms with E-state index in [9.17, 15) is 14.7 Å². The summed E-state index contributed by atoms with van der Waals surface area (Å²) in [4.78, 5) is 26.4. The highest BCUT2D eigenvalue weighted by atomic mass is 16.4. The Morgan fingerprint density at radius 3 is 2.40 bits per heavy atom. The molecular formula is C13H23N3O4. The van der Waals surface area contributed by atoms with Gasteiger partial charge in [-0.2, -0.15) is 0 Å². The summed E-state index contributed by atoms with van der Waals surface area (Å²) >= 11 is 0. The Morgan fingerprint density at radius 1 is 1.30 bits per heavy atom. The Balaban J connectivity index is 2.17. The van der Waals surface area contributed by atoms with Gasteiger partial charge in [0.1, 0.15) is 0 Å². The molecule has 0 spiro atoms. The first-order valence-corrected chi connectivity index (χ1v) is 6.88. The molecule has 2 saturated heterocycles. The van der Waals surface area contributed by atoms with Gasteiger partial charge in [0.05, 0.1) is 30.8 Å². The van der Waals surface area contributed by atoms with Gasteiger partial charge in [0.15, 0.2) is 0 Å². The fraction of sp³-hybridized carbons (Fsp3) is 0.846. The highest BCUT2D eigenvalue weighted by Gasteiger charge is 2.52. The lowest BCUT2D eigenvalue weighted by molar-refractivity contribution is -0.137. The smallest absolute Gasteiger partial charge is 0.407 e. The van der Waals surface area contributed by atoms with Crippen molar-refractivity contribution in [1.29, 1.82) is 0 Å². The fourth-order valence-corrected chi connectivity index (χ4v) is 3.07. The minimum Gasteiger partial charge on any atom is -0.465 e. The van der Waals surface area contributed by atoms with Gasteiger partial charge in [0.25, 0.3) is 0 Å². The maximum absolute atomic E-state index is 12.5. The molecule has 114 valence electrons. The van der Waals surface area contributed by atoms with E-state index in [-0.39, 0.29) is 23.9 Å². The van der Waals surface area contributed by atoms with Crippen molar-refractivity contribution >= 4 is 12.0 Å². The maximum Gasteiger partial charge on any atom is 0.407 e. The number of β-amino-alcohol motifs (C(OH)–C–C–N with tert-alkyl or cyclic N) is 1. The van der Waals surface area contributed by atoms with Gasteiger partial charge >= 0.3 is 6.09 Å². The van der Waals surface area contributed by atoms with E-state index in [2.05, 4.69) is 0 Å². The third-order valence-corrected chi connectivity index (χ3v) is 4.33. The number of carboxylic acid groups (broad SMARTS) is 1. The third-order valence-electron chi connectivity index (χ3n) is 4.33. The predicted molar refractivity (Wildman–Crippen MR) is 72.1 cm³/mol. The maximum atomic E-state index is 12.5. The lowest BCUT2D eigenvalue weighted by Gasteiger charge is -2.33. The number of nitrogens with zero attached hydrogens (tertiary/aromatic N) is 2. The lowest BCUT2D eigenvalue weighted by Crippen LogP contribution is -2.54. The molecular weight excluding hydrogens is 262 g/mol. The second-order valence-corrected chi connectivity index (χ2v) is 6.72. The first-order chi connectivity index (χ1) is 9.14. The Labute approximate surface area is 118 Å². The van der Waals surface area contributed by atoms with E-state index in [1.54, 1.807) is 4.90 Å². The summed E-state index contributed by atoms with van der Waals surface area (Å²) in [6, 6.07) is -1.45. The number of nitrogens with two attached hydrogens (primary N) is 1. The first kappa shape index (κ1) is 15.1. The SMILES string of the molecule is CC(C)(C)C(N)C(=O)N1CCC2C1C(O)CN2C(=O)O. The number of carbonyl (C=O) groups excluding carboxylic acids is 1. The van der Waals surface area contributed by atoms with Gasteiger partial charge in [-0.1, -0.05) is 20.8 Å². The lowest BCUT2D eigenvalue weighted by atomic mass is 9.86. The number of carbonyl (C=O) groups is 2. The van der Waals surface area contributed by atoms with Crippen LogP contribution in [0.2, 0.25) is 0 Å². The Morgan fingerprint density at radius 2 is 1.90 bits per heavy atom. The van der Waals surface area contributed by atoms with Crippen LogP contribution in [-0.2, 0) is 4.79 Å². The predicted octanol–water partition coefficient (Wildman–Crippen LogP) is -0.316. The number of amides is 2. The van der Waals surface area contributed by atoms with E-state index in [0.717, 1.165) is 0 Å². The molecule has 0 aliphatic carbocycles. The zero-order valence-corrected chi connectivity index (χ0v) is 12.1. The number of hydrogen-bond acceptors (Lipinski definition) is 4. The molecule has 7 nitrogen and oxygen atoms in total. The van der Waals surface area contributed by atoms with Crippen LogP contribution < -0.4 is 5.73 Å². The van der Waals surface area contributed by atoms with Crippen molar-refractivity contribution in [3.8, 4) is 0 Å². The summed E-state index contributed by atoms with van der Waals surface area (Å²) in [5, 5.41) is 19.2. The van der Waals surface area contributed by atoms with Gasteiger partial charge in [-0.05, 0) is 11.8 Å². The second-order valence-electron chi connectivity index (χ2n) is 6.72. The van der Waals surface area contributed by atoms with Crippen LogP contribution in [0, 0.1) is 5.41 Å². The molecule has 7 heteroatoms. The van der Waals surface area contributed by atoms with Crippen molar-refractivity contribution in [3.05, 3.63) is 0 Å². The Bertz CT molecular complexity index is 420. The standard InChI is InChI=1S/C13H23N3O4/c1-13(2,3)10(14)11(18)15-5-4-7-9(15)8(17)6-16(7)12(19)20/h7-10,17H,4-6,14H2,1-3H3,(H,19,20). The molecule has 2 aliphatic heterocycles. The summed E-state index contributed by atoms with van der Waals surface area (Å²) in [5.41, 5.74) is 5.62. The van der Waals surface area contributed by atoms with E-state index in [1.165, 1.54) is 4.90 Å². The van der Waals surface area contributed by atoms with Crippen molar-refractivity contribution in [2.45, 2.75) is 51.4 Å². The van der Waals surface area contributed by atoms with Crippen LogP contribution >= 0.6 is 0 Å². The normalized spacial score (nSPS) is 31.4. The molecule has 4 N–H and O–H groups in total. The van der Waals surface area contributed by atoms with E-state index < -0.39 is 24.3 Å². The Hall–Kier alpha value is -1.34. The molecule has 0 bridgehead atoms. The molecule has 2 heterocycles. The molecule has 0 saturated carbocycles. The fourth-order valence-electron chi connectivity index (χ4n) is 3.07. The molecule has 0 aromatic heterocycles. The summed E-state index contributed by atoms with van der Waals surface area (Å²) in [6.07, 6.45) is -1.34. The molecule has 4 unspecified atom stereocenters. The second kappa shape index (κ2) is 4.89. The third kappa shape index (κ3) is 2.35. The summed E-state index contributed by atoms with van der Waals surface area (Å²) < 4.78 is 0. The molecule has 20 heavy (non-hydrogen) atoms. The minimum absolute atomic E-state index is 0.0548. The Kier molecular flexibility index (Phi) is 3.68. The zero-order valence-electron chi connectivity index (χ0n) is 12.1. The molecule has 2 amide bonds. The molecule has 2 fully saturated rings. The monoisotopic (exact) mass is 285 g/mol. The summed E-state index contributed by atoms with van der Waals surface area (Å²) in [7, 11) is 0. The number of hydrogen-bond donors (Lipinski definition) is 3. The highest BCUT2D eigenvalue weighted by molar-refractivity contribution is 5.83. The summed E-state index contributed by atoms with van der Waals surface area (Å²) in [6.45, 7) is 6.16. The van der Waals surface area contributed by atoms with Gasteiger partial charge < -0.3 is 25.7 Å². The topological polar surface area (TPSA) is 107 Å².